The van der Waals surface area contributed by atoms with Gasteiger partial charge in [0.1, 0.15) is 0 Å². The van der Waals surface area contributed by atoms with Crippen molar-refractivity contribution in [2.24, 2.45) is 0 Å². The normalized spacial score (nSPS) is 19.7. The second-order valence-corrected chi connectivity index (χ2v) is 8.95. The Morgan fingerprint density at radius 1 is 1.07 bits per heavy atom. The van der Waals surface area contributed by atoms with Gasteiger partial charge in [0, 0.05) is 37.8 Å². The molecule has 0 radical (unpaired) electrons. The molecule has 1 saturated heterocycles. The predicted molar refractivity (Wildman–Crippen MR) is 103 cm³/mol. The van der Waals surface area contributed by atoms with E-state index in [1.807, 2.05) is 0 Å². The topological polar surface area (TPSA) is 87.7 Å². The second-order valence-electron chi connectivity index (χ2n) is 7.18. The van der Waals surface area contributed by atoms with Crippen molar-refractivity contribution < 1.29 is 17.9 Å². The van der Waals surface area contributed by atoms with Crippen molar-refractivity contribution in [2.45, 2.75) is 43.0 Å². The standard InChI is InChI=1S/C19H29N3O4S/c23-19(21-17-4-2-1-3-5-17)16-6-8-18(9-7-16)27(24,25)20-10-11-22-12-14-26-15-13-22/h6-9,17,20H,1-5,10-15H2,(H,21,23). The summed E-state index contributed by atoms with van der Waals surface area (Å²) in [6.07, 6.45) is 5.57. The Labute approximate surface area is 161 Å². The summed E-state index contributed by atoms with van der Waals surface area (Å²) in [6.45, 7) is 4.05. The molecule has 2 N–H and O–H groups in total. The highest BCUT2D eigenvalue weighted by atomic mass is 32.2. The quantitative estimate of drug-likeness (QED) is 0.728. The van der Waals surface area contributed by atoms with E-state index in [0.29, 0.717) is 31.9 Å². The van der Waals surface area contributed by atoms with E-state index in [-0.39, 0.29) is 16.8 Å². The number of carbonyl (C=O) groups is 1. The van der Waals surface area contributed by atoms with Gasteiger partial charge in [-0.25, -0.2) is 13.1 Å². The molecule has 1 heterocycles. The number of morpholine rings is 1. The van der Waals surface area contributed by atoms with Crippen LogP contribution in [-0.4, -0.2) is 64.7 Å². The van der Waals surface area contributed by atoms with Crippen LogP contribution >= 0.6 is 0 Å². The SMILES string of the molecule is O=C(NC1CCCCC1)c1ccc(S(=O)(=O)NCCN2CCOCC2)cc1. The molecule has 1 amide bonds. The monoisotopic (exact) mass is 395 g/mol. The molecule has 1 aromatic rings. The molecule has 2 fully saturated rings. The second kappa shape index (κ2) is 9.64. The number of nitrogens with zero attached hydrogens (tertiary/aromatic N) is 1. The number of hydrogen-bond acceptors (Lipinski definition) is 5. The summed E-state index contributed by atoms with van der Waals surface area (Å²) in [5, 5.41) is 3.04. The molecule has 8 heteroatoms. The predicted octanol–water partition coefficient (Wildman–Crippen LogP) is 1.36. The van der Waals surface area contributed by atoms with E-state index in [0.717, 1.165) is 38.8 Å². The van der Waals surface area contributed by atoms with Gasteiger partial charge < -0.3 is 10.1 Å². The van der Waals surface area contributed by atoms with E-state index in [1.165, 1.54) is 18.6 Å². The lowest BCUT2D eigenvalue weighted by Gasteiger charge is -2.26. The van der Waals surface area contributed by atoms with E-state index >= 15 is 0 Å². The molecule has 1 aliphatic carbocycles. The van der Waals surface area contributed by atoms with Crippen LogP contribution in [0, 0.1) is 0 Å². The van der Waals surface area contributed by atoms with Crippen LogP contribution in [0.2, 0.25) is 0 Å². The Morgan fingerprint density at radius 2 is 1.74 bits per heavy atom. The first-order valence-corrected chi connectivity index (χ1v) is 11.2. The number of sulfonamides is 1. The molecule has 2 aliphatic rings. The Morgan fingerprint density at radius 3 is 2.41 bits per heavy atom. The zero-order valence-corrected chi connectivity index (χ0v) is 16.5. The van der Waals surface area contributed by atoms with Gasteiger partial charge in [0.2, 0.25) is 10.0 Å². The van der Waals surface area contributed by atoms with Gasteiger partial charge in [0.25, 0.3) is 5.91 Å². The van der Waals surface area contributed by atoms with Crippen LogP contribution in [0.25, 0.3) is 0 Å². The third-order valence-corrected chi connectivity index (χ3v) is 6.67. The summed E-state index contributed by atoms with van der Waals surface area (Å²) in [5.74, 6) is -0.133. The minimum absolute atomic E-state index is 0.133. The maximum absolute atomic E-state index is 12.4. The lowest BCUT2D eigenvalue weighted by molar-refractivity contribution is 0.0390. The highest BCUT2D eigenvalue weighted by Gasteiger charge is 2.19. The van der Waals surface area contributed by atoms with E-state index in [2.05, 4.69) is 14.9 Å². The first-order valence-electron chi connectivity index (χ1n) is 9.75. The molecule has 0 spiro atoms. The van der Waals surface area contributed by atoms with Gasteiger partial charge in [-0.3, -0.25) is 9.69 Å². The number of hydrogen-bond donors (Lipinski definition) is 2. The zero-order valence-electron chi connectivity index (χ0n) is 15.7. The van der Waals surface area contributed by atoms with E-state index < -0.39 is 10.0 Å². The van der Waals surface area contributed by atoms with Gasteiger partial charge in [-0.15, -0.1) is 0 Å². The van der Waals surface area contributed by atoms with Crippen molar-refractivity contribution in [1.82, 2.24) is 14.9 Å². The number of benzene rings is 1. The van der Waals surface area contributed by atoms with Crippen LogP contribution in [0.4, 0.5) is 0 Å². The van der Waals surface area contributed by atoms with E-state index in [9.17, 15) is 13.2 Å². The summed E-state index contributed by atoms with van der Waals surface area (Å²) in [7, 11) is -3.57. The average molecular weight is 396 g/mol. The van der Waals surface area contributed by atoms with E-state index in [4.69, 9.17) is 4.74 Å². The average Bonchev–Trinajstić information content (AvgIpc) is 2.69. The molecule has 1 aromatic carbocycles. The Kier molecular flexibility index (Phi) is 7.23. The first kappa shape index (κ1) is 20.3. The van der Waals surface area contributed by atoms with Crippen LogP contribution < -0.4 is 10.0 Å². The summed E-state index contributed by atoms with van der Waals surface area (Å²) >= 11 is 0. The number of nitrogens with one attached hydrogen (secondary N) is 2. The molecule has 7 nitrogen and oxygen atoms in total. The highest BCUT2D eigenvalue weighted by Crippen LogP contribution is 2.18. The molecule has 0 unspecified atom stereocenters. The summed E-state index contributed by atoms with van der Waals surface area (Å²) in [4.78, 5) is 14.7. The van der Waals surface area contributed by atoms with Crippen molar-refractivity contribution in [1.29, 1.82) is 0 Å². The fraction of sp³-hybridized carbons (Fsp3) is 0.632. The van der Waals surface area contributed by atoms with Gasteiger partial charge in [0.15, 0.2) is 0 Å². The summed E-state index contributed by atoms with van der Waals surface area (Å²) in [5.41, 5.74) is 0.493. The smallest absolute Gasteiger partial charge is 0.251 e. The number of amides is 1. The van der Waals surface area contributed by atoms with Crippen LogP contribution in [0.15, 0.2) is 29.2 Å². The van der Waals surface area contributed by atoms with Crippen LogP contribution in [-0.2, 0) is 14.8 Å². The van der Waals surface area contributed by atoms with Crippen molar-refractivity contribution in [3.05, 3.63) is 29.8 Å². The number of rotatable bonds is 7. The highest BCUT2D eigenvalue weighted by molar-refractivity contribution is 7.89. The van der Waals surface area contributed by atoms with Crippen LogP contribution in [0.1, 0.15) is 42.5 Å². The fourth-order valence-corrected chi connectivity index (χ4v) is 4.57. The molecule has 1 saturated carbocycles. The molecule has 0 bridgehead atoms. The number of carbonyl (C=O) groups excluding carboxylic acids is 1. The molecular formula is C19H29N3O4S. The molecular weight excluding hydrogens is 366 g/mol. The van der Waals surface area contributed by atoms with Crippen LogP contribution in [0.5, 0.6) is 0 Å². The van der Waals surface area contributed by atoms with Gasteiger partial charge in [-0.05, 0) is 37.1 Å². The van der Waals surface area contributed by atoms with Crippen molar-refractivity contribution >= 4 is 15.9 Å². The fourth-order valence-electron chi connectivity index (χ4n) is 3.55. The van der Waals surface area contributed by atoms with Gasteiger partial charge in [0.05, 0.1) is 18.1 Å². The summed E-state index contributed by atoms with van der Waals surface area (Å²) < 4.78 is 32.7. The van der Waals surface area contributed by atoms with E-state index in [1.54, 1.807) is 12.1 Å². The lowest BCUT2D eigenvalue weighted by Crippen LogP contribution is -2.41. The zero-order chi connectivity index (χ0) is 19.1. The first-order chi connectivity index (χ1) is 13.0. The van der Waals surface area contributed by atoms with Crippen molar-refractivity contribution in [2.75, 3.05) is 39.4 Å². The molecule has 27 heavy (non-hydrogen) atoms. The Hall–Kier alpha value is -1.48. The van der Waals surface area contributed by atoms with Gasteiger partial charge >= 0.3 is 0 Å². The van der Waals surface area contributed by atoms with Crippen LogP contribution in [0.3, 0.4) is 0 Å². The maximum Gasteiger partial charge on any atom is 0.251 e. The Balaban J connectivity index is 1.50. The molecule has 0 atom stereocenters. The third-order valence-electron chi connectivity index (χ3n) is 5.19. The maximum atomic E-state index is 12.4. The lowest BCUT2D eigenvalue weighted by atomic mass is 9.95. The van der Waals surface area contributed by atoms with Crippen molar-refractivity contribution in [3.8, 4) is 0 Å². The molecule has 150 valence electrons. The molecule has 3 rings (SSSR count). The minimum atomic E-state index is -3.57. The Bertz CT molecular complexity index is 709. The molecule has 1 aliphatic heterocycles. The number of ether oxygens (including phenoxy) is 1. The van der Waals surface area contributed by atoms with Gasteiger partial charge in [-0.2, -0.15) is 0 Å². The van der Waals surface area contributed by atoms with Crippen molar-refractivity contribution in [3.63, 3.8) is 0 Å². The summed E-state index contributed by atoms with van der Waals surface area (Å²) in [6, 6.07) is 6.37. The molecule has 0 aromatic heterocycles. The minimum Gasteiger partial charge on any atom is -0.379 e. The van der Waals surface area contributed by atoms with Gasteiger partial charge in [-0.1, -0.05) is 19.3 Å². The third kappa shape index (κ3) is 6.00. The largest absolute Gasteiger partial charge is 0.379 e.